The molecule has 4 unspecified atom stereocenters. The van der Waals surface area contributed by atoms with Crippen molar-refractivity contribution >= 4 is 11.9 Å². The van der Waals surface area contributed by atoms with Crippen LogP contribution in [0.1, 0.15) is 78.9 Å². The van der Waals surface area contributed by atoms with E-state index in [-0.39, 0.29) is 43.6 Å². The first-order valence-electron chi connectivity index (χ1n) is 16.2. The van der Waals surface area contributed by atoms with Crippen LogP contribution in [0.2, 0.25) is 0 Å². The van der Waals surface area contributed by atoms with Gasteiger partial charge < -0.3 is 25.0 Å². The second-order valence-corrected chi connectivity index (χ2v) is 12.2. The number of carbonyl (C=O) groups is 2. The molecule has 8 heteroatoms. The lowest BCUT2D eigenvalue weighted by Crippen LogP contribution is -2.38. The Morgan fingerprint density at radius 2 is 1.55 bits per heavy atom. The summed E-state index contributed by atoms with van der Waals surface area (Å²) in [5.41, 5.74) is 7.06. The largest absolute Gasteiger partial charge is 0.481 e. The Bertz CT molecular complexity index is 1590. The molecule has 47 heavy (non-hydrogen) atoms. The molecule has 1 fully saturated rings. The minimum Gasteiger partial charge on any atom is -0.481 e. The number of nitrogens with zero attached hydrogens (tertiary/aromatic N) is 1. The molecule has 3 N–H and O–H groups in total. The predicted octanol–water partition coefficient (Wildman–Crippen LogP) is 6.96. The smallest absolute Gasteiger partial charge is 0.303 e. The van der Waals surface area contributed by atoms with E-state index < -0.39 is 12.3 Å². The summed E-state index contributed by atoms with van der Waals surface area (Å²) >= 11 is 0. The van der Waals surface area contributed by atoms with Crippen LogP contribution in [-0.4, -0.2) is 46.7 Å². The Morgan fingerprint density at radius 1 is 0.872 bits per heavy atom. The van der Waals surface area contributed by atoms with Gasteiger partial charge in [0.1, 0.15) is 0 Å². The molecule has 1 amide bonds. The van der Waals surface area contributed by atoms with E-state index in [2.05, 4.69) is 48.5 Å². The number of amides is 1. The Kier molecular flexibility index (Phi) is 11.9. The molecule has 4 atom stereocenters. The van der Waals surface area contributed by atoms with Gasteiger partial charge in [-0.25, -0.2) is 0 Å². The zero-order chi connectivity index (χ0) is 33.2. The predicted molar refractivity (Wildman–Crippen MR) is 181 cm³/mol. The molecule has 1 aliphatic rings. The van der Waals surface area contributed by atoms with Crippen LogP contribution < -0.4 is 5.32 Å². The van der Waals surface area contributed by atoms with Crippen molar-refractivity contribution in [1.29, 1.82) is 0 Å². The van der Waals surface area contributed by atoms with Crippen molar-refractivity contribution in [2.24, 2.45) is 0 Å². The van der Waals surface area contributed by atoms with Gasteiger partial charge in [-0.3, -0.25) is 14.5 Å². The maximum Gasteiger partial charge on any atom is 0.303 e. The molecule has 0 spiro atoms. The van der Waals surface area contributed by atoms with Gasteiger partial charge in [0, 0.05) is 44.0 Å². The van der Waals surface area contributed by atoms with Crippen LogP contribution in [0.15, 0.2) is 103 Å². The van der Waals surface area contributed by atoms with Crippen LogP contribution in [0.5, 0.6) is 0 Å². The number of carboxylic acid groups (broad SMARTS) is 1. The minimum absolute atomic E-state index is 0.00300. The Morgan fingerprint density at radius 3 is 2.26 bits per heavy atom. The molecule has 0 aromatic heterocycles. The molecule has 8 nitrogen and oxygen atoms in total. The third-order valence-electron chi connectivity index (χ3n) is 8.83. The first-order chi connectivity index (χ1) is 22.8. The van der Waals surface area contributed by atoms with E-state index in [1.54, 1.807) is 0 Å². The van der Waals surface area contributed by atoms with Gasteiger partial charge in [0.15, 0.2) is 6.29 Å². The molecule has 0 radical (unpaired) electrons. The normalized spacial score (nSPS) is 18.5. The van der Waals surface area contributed by atoms with Gasteiger partial charge in [-0.05, 0) is 53.8 Å². The Balaban J connectivity index is 1.31. The molecule has 246 valence electrons. The molecule has 4 aromatic carbocycles. The standard InChI is InChI=1S/C39H44N2O6/c1-27(29-9-4-3-5-10-29)41(2)25-34-23-36(31-17-15-28(26-42)16-18-31)47-39(46-34)32-21-19-30(20-22-32)35-12-7-6-11-33(35)24-40-37(43)13-8-14-38(44)45/h3-7,9-12,15-22,27,34,36,39,42H,8,13-14,23-26H2,1-2H3,(H,40,43)(H,44,45). The van der Waals surface area contributed by atoms with Gasteiger partial charge in [-0.2, -0.15) is 0 Å². The van der Waals surface area contributed by atoms with Gasteiger partial charge in [-0.1, -0.05) is 103 Å². The summed E-state index contributed by atoms with van der Waals surface area (Å²) in [6.45, 7) is 3.29. The van der Waals surface area contributed by atoms with E-state index in [0.29, 0.717) is 19.4 Å². The summed E-state index contributed by atoms with van der Waals surface area (Å²) in [6.07, 6.45) is 0.358. The second-order valence-electron chi connectivity index (χ2n) is 12.2. The number of benzene rings is 4. The van der Waals surface area contributed by atoms with Crippen molar-refractivity contribution in [3.63, 3.8) is 0 Å². The van der Waals surface area contributed by atoms with Crippen LogP contribution in [0.3, 0.4) is 0 Å². The number of carboxylic acids is 1. The van der Waals surface area contributed by atoms with E-state index >= 15 is 0 Å². The van der Waals surface area contributed by atoms with Crippen LogP contribution in [-0.2, 0) is 32.2 Å². The van der Waals surface area contributed by atoms with Gasteiger partial charge in [0.25, 0.3) is 0 Å². The summed E-state index contributed by atoms with van der Waals surface area (Å²) in [6, 6.07) is 34.7. The average molecular weight is 637 g/mol. The van der Waals surface area contributed by atoms with E-state index in [4.69, 9.17) is 14.6 Å². The fraction of sp³-hybridized carbons (Fsp3) is 0.333. The summed E-state index contributed by atoms with van der Waals surface area (Å²) in [7, 11) is 2.13. The van der Waals surface area contributed by atoms with Crippen LogP contribution in [0, 0.1) is 0 Å². The number of hydrogen-bond donors (Lipinski definition) is 3. The number of aliphatic hydroxyl groups is 1. The Labute approximate surface area is 277 Å². The number of aliphatic hydroxyl groups excluding tert-OH is 1. The fourth-order valence-electron chi connectivity index (χ4n) is 5.96. The highest BCUT2D eigenvalue weighted by Gasteiger charge is 2.33. The molecule has 0 aliphatic carbocycles. The van der Waals surface area contributed by atoms with Gasteiger partial charge in [-0.15, -0.1) is 0 Å². The summed E-state index contributed by atoms with van der Waals surface area (Å²) in [5, 5.41) is 21.3. The molecule has 1 aliphatic heterocycles. The van der Waals surface area contributed by atoms with Crippen molar-refractivity contribution in [2.45, 2.75) is 70.3 Å². The highest BCUT2D eigenvalue weighted by atomic mass is 16.7. The quantitative estimate of drug-likeness (QED) is 0.137. The lowest BCUT2D eigenvalue weighted by atomic mass is 9.97. The third kappa shape index (κ3) is 9.36. The zero-order valence-electron chi connectivity index (χ0n) is 27.0. The number of ether oxygens (including phenoxy) is 2. The van der Waals surface area contributed by atoms with Gasteiger partial charge >= 0.3 is 5.97 Å². The van der Waals surface area contributed by atoms with Crippen LogP contribution in [0.25, 0.3) is 11.1 Å². The fourth-order valence-corrected chi connectivity index (χ4v) is 5.96. The molecule has 0 saturated carbocycles. The maximum absolute atomic E-state index is 12.3. The van der Waals surface area contributed by atoms with Crippen molar-refractivity contribution in [2.75, 3.05) is 13.6 Å². The third-order valence-corrected chi connectivity index (χ3v) is 8.83. The van der Waals surface area contributed by atoms with Gasteiger partial charge in [0.05, 0.1) is 18.8 Å². The number of likely N-dealkylation sites (N-methyl/N-ethyl adjacent to an activating group) is 1. The SMILES string of the molecule is CC(c1ccccc1)N(C)CC1CC(c2ccc(CO)cc2)OC(c2ccc(-c3ccccc3CNC(=O)CCCC(=O)O)cc2)O1. The molecule has 4 aromatic rings. The van der Waals surface area contributed by atoms with Crippen LogP contribution in [0.4, 0.5) is 0 Å². The van der Waals surface area contributed by atoms with E-state index in [9.17, 15) is 14.7 Å². The average Bonchev–Trinajstić information content (AvgIpc) is 3.10. The number of nitrogens with one attached hydrogen (secondary N) is 1. The molecule has 1 heterocycles. The minimum atomic E-state index is -0.900. The highest BCUT2D eigenvalue weighted by molar-refractivity contribution is 5.77. The zero-order valence-corrected chi connectivity index (χ0v) is 27.0. The van der Waals surface area contributed by atoms with E-state index in [1.165, 1.54) is 5.56 Å². The lowest BCUT2D eigenvalue weighted by Gasteiger charge is -2.39. The van der Waals surface area contributed by atoms with Gasteiger partial charge in [0.2, 0.25) is 5.91 Å². The number of carbonyl (C=O) groups excluding carboxylic acids is 1. The second kappa shape index (κ2) is 16.5. The maximum atomic E-state index is 12.3. The number of aliphatic carboxylic acids is 1. The lowest BCUT2D eigenvalue weighted by molar-refractivity contribution is -0.253. The Hall–Kier alpha value is -4.34. The highest BCUT2D eigenvalue weighted by Crippen LogP contribution is 2.39. The van der Waals surface area contributed by atoms with Crippen LogP contribution >= 0.6 is 0 Å². The molecule has 5 rings (SSSR count). The summed E-state index contributed by atoms with van der Waals surface area (Å²) in [4.78, 5) is 25.4. The molecule has 0 bridgehead atoms. The summed E-state index contributed by atoms with van der Waals surface area (Å²) in [5.74, 6) is -1.06. The summed E-state index contributed by atoms with van der Waals surface area (Å²) < 4.78 is 13.2. The number of rotatable bonds is 14. The monoisotopic (exact) mass is 636 g/mol. The van der Waals surface area contributed by atoms with Crippen molar-refractivity contribution in [3.8, 4) is 11.1 Å². The van der Waals surface area contributed by atoms with E-state index in [0.717, 1.165) is 39.9 Å². The topological polar surface area (TPSA) is 108 Å². The first-order valence-corrected chi connectivity index (χ1v) is 16.2. The molecular weight excluding hydrogens is 592 g/mol. The van der Waals surface area contributed by atoms with E-state index in [1.807, 2.05) is 78.9 Å². The van der Waals surface area contributed by atoms with Crippen molar-refractivity contribution < 1.29 is 29.3 Å². The molecular formula is C39H44N2O6. The van der Waals surface area contributed by atoms with Crippen molar-refractivity contribution in [3.05, 3.63) is 131 Å². The molecule has 1 saturated heterocycles. The van der Waals surface area contributed by atoms with Crippen molar-refractivity contribution in [1.82, 2.24) is 10.2 Å². The first kappa shape index (κ1) is 34.0. The number of hydrogen-bond acceptors (Lipinski definition) is 6.